The maximum Gasteiger partial charge on any atom is 0.255 e. The van der Waals surface area contributed by atoms with Crippen molar-refractivity contribution in [2.75, 3.05) is 13.7 Å². The molecule has 1 aromatic heterocycles. The van der Waals surface area contributed by atoms with Gasteiger partial charge in [0.25, 0.3) is 5.91 Å². The Morgan fingerprint density at radius 2 is 2.29 bits per heavy atom. The monoisotopic (exact) mass is 348 g/mol. The third-order valence-corrected chi connectivity index (χ3v) is 5.86. The van der Waals surface area contributed by atoms with Gasteiger partial charge in [-0.2, -0.15) is 4.99 Å². The first-order valence-corrected chi connectivity index (χ1v) is 9.17. The highest BCUT2D eigenvalue weighted by Gasteiger charge is 2.48. The maximum atomic E-state index is 13.0. The Hall–Kier alpha value is -1.53. The summed E-state index contributed by atoms with van der Waals surface area (Å²) in [7, 11) is 1.65. The highest BCUT2D eigenvalue weighted by molar-refractivity contribution is 7.09. The molecule has 2 fully saturated rings. The van der Waals surface area contributed by atoms with Gasteiger partial charge in [-0.3, -0.25) is 9.59 Å². The summed E-state index contributed by atoms with van der Waals surface area (Å²) < 4.78 is 7.08. The molecule has 3 rings (SSSR count). The van der Waals surface area contributed by atoms with Crippen LogP contribution in [0.2, 0.25) is 0 Å². The summed E-state index contributed by atoms with van der Waals surface area (Å²) in [5, 5.41) is 0. The first kappa shape index (κ1) is 17.3. The van der Waals surface area contributed by atoms with Crippen molar-refractivity contribution in [3.8, 4) is 0 Å². The van der Waals surface area contributed by atoms with Crippen molar-refractivity contribution in [2.45, 2.75) is 45.6 Å². The summed E-state index contributed by atoms with van der Waals surface area (Å²) in [5.74, 6) is 0.295. The number of carbonyl (C=O) groups excluding carboxylic acids is 2. The van der Waals surface area contributed by atoms with Gasteiger partial charge in [0.05, 0.1) is 12.0 Å². The maximum absolute atomic E-state index is 13.0. The fraction of sp³-hybridized carbons (Fsp3) is 0.611. The molecule has 0 radical (unpaired) electrons. The Kier molecular flexibility index (Phi) is 4.88. The van der Waals surface area contributed by atoms with Gasteiger partial charge in [0.15, 0.2) is 4.80 Å². The van der Waals surface area contributed by atoms with Crippen LogP contribution in [0.4, 0.5) is 0 Å². The number of aryl methyl sites for hydroxylation is 1. The van der Waals surface area contributed by atoms with Gasteiger partial charge in [0.2, 0.25) is 0 Å². The van der Waals surface area contributed by atoms with Crippen LogP contribution in [0.5, 0.6) is 0 Å². The summed E-state index contributed by atoms with van der Waals surface area (Å²) in [5.41, 5.74) is 0.420. The average molecular weight is 348 g/mol. The van der Waals surface area contributed by atoms with Crippen LogP contribution in [0.25, 0.3) is 0 Å². The number of ether oxygens (including phenoxy) is 1. The zero-order chi connectivity index (χ0) is 17.3. The first-order chi connectivity index (χ1) is 11.4. The van der Waals surface area contributed by atoms with Gasteiger partial charge >= 0.3 is 0 Å². The molecule has 2 atom stereocenters. The molecule has 6 heteroatoms. The van der Waals surface area contributed by atoms with Crippen molar-refractivity contribution in [3.63, 3.8) is 0 Å². The second-order valence-corrected chi connectivity index (χ2v) is 8.34. The number of nitrogens with zero attached hydrogens (tertiary/aromatic N) is 2. The summed E-state index contributed by atoms with van der Waals surface area (Å²) in [6.45, 7) is 7.32. The minimum absolute atomic E-state index is 0.158. The zero-order valence-electron chi connectivity index (χ0n) is 14.3. The fourth-order valence-electron chi connectivity index (χ4n) is 4.09. The summed E-state index contributed by atoms with van der Waals surface area (Å²) in [4.78, 5) is 31.4. The van der Waals surface area contributed by atoms with Gasteiger partial charge in [0, 0.05) is 37.6 Å². The number of carbonyl (C=O) groups is 2. The lowest BCUT2D eigenvalue weighted by atomic mass is 9.60. The Morgan fingerprint density at radius 1 is 1.50 bits per heavy atom. The molecule has 0 spiro atoms. The Bertz CT molecular complexity index is 724. The molecule has 24 heavy (non-hydrogen) atoms. The quantitative estimate of drug-likeness (QED) is 0.786. The molecular weight excluding hydrogens is 324 g/mol. The minimum Gasteiger partial charge on any atom is -0.383 e. The van der Waals surface area contributed by atoms with E-state index in [9.17, 15) is 9.59 Å². The number of ketones is 1. The second kappa shape index (κ2) is 6.76. The van der Waals surface area contributed by atoms with E-state index in [-0.39, 0.29) is 17.6 Å². The van der Waals surface area contributed by atoms with E-state index in [1.807, 2.05) is 17.7 Å². The van der Waals surface area contributed by atoms with E-state index in [1.165, 1.54) is 11.3 Å². The number of fused-ring (bicyclic) bond motifs is 2. The topological polar surface area (TPSA) is 60.7 Å². The number of hydrogen-bond donors (Lipinski definition) is 0. The average Bonchev–Trinajstić information content (AvgIpc) is 2.83. The van der Waals surface area contributed by atoms with Crippen molar-refractivity contribution < 1.29 is 14.3 Å². The van der Waals surface area contributed by atoms with E-state index < -0.39 is 5.41 Å². The van der Waals surface area contributed by atoms with Crippen LogP contribution in [0, 0.1) is 18.3 Å². The van der Waals surface area contributed by atoms with Gasteiger partial charge in [-0.25, -0.2) is 0 Å². The van der Waals surface area contributed by atoms with Gasteiger partial charge in [0.1, 0.15) is 5.78 Å². The van der Waals surface area contributed by atoms with Crippen molar-refractivity contribution in [2.24, 2.45) is 16.3 Å². The summed E-state index contributed by atoms with van der Waals surface area (Å²) in [6.07, 6.45) is 5.12. The van der Waals surface area contributed by atoms with Crippen LogP contribution in [-0.4, -0.2) is 30.0 Å². The SMILES string of the molecule is C=C1CC2CC(=O)CC(C(=O)N=c3sc(C)cn3CCOC)(C1)C2. The number of rotatable bonds is 4. The van der Waals surface area contributed by atoms with Crippen molar-refractivity contribution in [1.82, 2.24) is 4.57 Å². The van der Waals surface area contributed by atoms with E-state index in [4.69, 9.17) is 4.74 Å². The van der Waals surface area contributed by atoms with Crippen molar-refractivity contribution in [3.05, 3.63) is 28.0 Å². The molecule has 1 aromatic rings. The second-order valence-electron chi connectivity index (χ2n) is 7.13. The van der Waals surface area contributed by atoms with E-state index in [2.05, 4.69) is 11.6 Å². The van der Waals surface area contributed by atoms with Crippen LogP contribution in [-0.2, 0) is 20.9 Å². The molecule has 0 aromatic carbocycles. The van der Waals surface area contributed by atoms with Crippen LogP contribution in [0.1, 0.15) is 37.0 Å². The van der Waals surface area contributed by atoms with Gasteiger partial charge in [-0.15, -0.1) is 11.3 Å². The van der Waals surface area contributed by atoms with Crippen LogP contribution < -0.4 is 4.80 Å². The van der Waals surface area contributed by atoms with Crippen LogP contribution >= 0.6 is 11.3 Å². The van der Waals surface area contributed by atoms with Crippen LogP contribution in [0.15, 0.2) is 23.3 Å². The molecule has 130 valence electrons. The number of aromatic nitrogens is 1. The minimum atomic E-state index is -0.660. The predicted octanol–water partition coefficient (Wildman–Crippen LogP) is 2.64. The lowest BCUT2D eigenvalue weighted by molar-refractivity contribution is -0.139. The Morgan fingerprint density at radius 3 is 3.04 bits per heavy atom. The molecule has 2 bridgehead atoms. The number of hydrogen-bond acceptors (Lipinski definition) is 4. The normalized spacial score (nSPS) is 27.6. The molecular formula is C18H24N2O3S. The number of allylic oxidation sites excluding steroid dienone is 1. The van der Waals surface area contributed by atoms with Crippen molar-refractivity contribution >= 4 is 23.0 Å². The Labute approximate surface area is 146 Å². The predicted molar refractivity (Wildman–Crippen MR) is 92.6 cm³/mol. The molecule has 2 aliphatic carbocycles. The number of Topliss-reactive ketones (excluding diaryl/α,β-unsaturated/α-hetero) is 1. The highest BCUT2D eigenvalue weighted by Crippen LogP contribution is 2.50. The van der Waals surface area contributed by atoms with Gasteiger partial charge in [-0.05, 0) is 32.1 Å². The number of thiazole rings is 1. The fourth-order valence-corrected chi connectivity index (χ4v) is 4.95. The number of amides is 1. The van der Waals surface area contributed by atoms with E-state index >= 15 is 0 Å². The third kappa shape index (κ3) is 3.44. The molecule has 0 N–H and O–H groups in total. The molecule has 1 amide bonds. The molecule has 2 unspecified atom stereocenters. The summed E-state index contributed by atoms with van der Waals surface area (Å²) >= 11 is 1.50. The smallest absolute Gasteiger partial charge is 0.255 e. The third-order valence-electron chi connectivity index (χ3n) is 4.92. The lowest BCUT2D eigenvalue weighted by Crippen LogP contribution is -2.43. The van der Waals surface area contributed by atoms with Crippen LogP contribution in [0.3, 0.4) is 0 Å². The van der Waals surface area contributed by atoms with E-state index in [0.29, 0.717) is 37.2 Å². The molecule has 0 saturated heterocycles. The molecule has 2 saturated carbocycles. The van der Waals surface area contributed by atoms with E-state index in [1.54, 1.807) is 7.11 Å². The molecule has 5 nitrogen and oxygen atoms in total. The molecule has 0 aliphatic heterocycles. The Balaban J connectivity index is 1.93. The molecule has 2 aliphatic rings. The standard InChI is InChI=1S/C18H24N2O3S/c1-12-6-14-7-15(21)10-18(8-12,9-14)16(22)19-17-20(4-5-23-3)11-13(2)24-17/h11,14H,1,4-10H2,2-3H3. The van der Waals surface area contributed by atoms with Gasteiger partial charge in [-0.1, -0.05) is 12.2 Å². The van der Waals surface area contributed by atoms with E-state index in [0.717, 1.165) is 23.3 Å². The lowest BCUT2D eigenvalue weighted by Gasteiger charge is -2.42. The van der Waals surface area contributed by atoms with Crippen molar-refractivity contribution in [1.29, 1.82) is 0 Å². The largest absolute Gasteiger partial charge is 0.383 e. The first-order valence-electron chi connectivity index (χ1n) is 8.35. The van der Waals surface area contributed by atoms with Gasteiger partial charge < -0.3 is 9.30 Å². The highest BCUT2D eigenvalue weighted by atomic mass is 32.1. The summed E-state index contributed by atoms with van der Waals surface area (Å²) in [6, 6.07) is 0. The molecule has 1 heterocycles. The number of methoxy groups -OCH3 is 1. The zero-order valence-corrected chi connectivity index (χ0v) is 15.2.